The Hall–Kier alpha value is -4.07. The summed E-state index contributed by atoms with van der Waals surface area (Å²) in [6.45, 7) is 1.88. The maximum atomic E-state index is 13.4. The zero-order valence-electron chi connectivity index (χ0n) is 17.7. The van der Waals surface area contributed by atoms with Crippen molar-refractivity contribution in [3.05, 3.63) is 95.2 Å². The molecular formula is C25H19F3N2O3. The van der Waals surface area contributed by atoms with Gasteiger partial charge in [0.1, 0.15) is 11.4 Å². The van der Waals surface area contributed by atoms with E-state index in [9.17, 15) is 22.8 Å². The van der Waals surface area contributed by atoms with Gasteiger partial charge >= 0.3 is 6.18 Å². The lowest BCUT2D eigenvalue weighted by Gasteiger charge is -2.16. The molecule has 33 heavy (non-hydrogen) atoms. The number of hydrogen-bond donors (Lipinski definition) is 1. The first-order valence-corrected chi connectivity index (χ1v) is 9.97. The lowest BCUT2D eigenvalue weighted by Crippen LogP contribution is -2.32. The molecule has 1 N–H and O–H groups in total. The lowest BCUT2D eigenvalue weighted by atomic mass is 10.0. The molecule has 0 saturated carbocycles. The third-order valence-corrected chi connectivity index (χ3v) is 5.21. The fraction of sp³-hybridized carbons (Fsp3) is 0.120. The molecule has 0 atom stereocenters. The van der Waals surface area contributed by atoms with Crippen LogP contribution in [0.1, 0.15) is 16.7 Å². The van der Waals surface area contributed by atoms with E-state index in [1.807, 2.05) is 6.92 Å². The van der Waals surface area contributed by atoms with Crippen LogP contribution in [0.3, 0.4) is 0 Å². The number of amides is 2. The third-order valence-electron chi connectivity index (χ3n) is 5.21. The second kappa shape index (κ2) is 8.46. The van der Waals surface area contributed by atoms with E-state index in [4.69, 9.17) is 4.74 Å². The Kier molecular flexibility index (Phi) is 5.68. The Labute approximate surface area is 188 Å². The number of aryl methyl sites for hydroxylation is 1. The number of methoxy groups -OCH3 is 1. The van der Waals surface area contributed by atoms with Gasteiger partial charge in [-0.2, -0.15) is 13.2 Å². The summed E-state index contributed by atoms with van der Waals surface area (Å²) in [4.78, 5) is 27.7. The van der Waals surface area contributed by atoms with Crippen molar-refractivity contribution >= 4 is 28.8 Å². The summed E-state index contributed by atoms with van der Waals surface area (Å²) in [5.41, 5.74) is 0.902. The fourth-order valence-electron chi connectivity index (χ4n) is 3.52. The van der Waals surface area contributed by atoms with Crippen LogP contribution in [-0.2, 0) is 15.8 Å². The van der Waals surface area contributed by atoms with Gasteiger partial charge < -0.3 is 10.1 Å². The summed E-state index contributed by atoms with van der Waals surface area (Å²) in [5.74, 6) is -0.700. The van der Waals surface area contributed by atoms with Crippen molar-refractivity contribution in [2.24, 2.45) is 0 Å². The van der Waals surface area contributed by atoms with Crippen LogP contribution in [0.5, 0.6) is 5.75 Å². The number of hydrogen-bond acceptors (Lipinski definition) is 4. The quantitative estimate of drug-likeness (QED) is 0.526. The number of nitrogens with one attached hydrogen (secondary N) is 1. The Balaban J connectivity index is 1.79. The van der Waals surface area contributed by atoms with Crippen LogP contribution in [0.4, 0.5) is 24.5 Å². The van der Waals surface area contributed by atoms with E-state index in [1.54, 1.807) is 48.5 Å². The normalized spacial score (nSPS) is 14.2. The lowest BCUT2D eigenvalue weighted by molar-refractivity contribution is -0.137. The average molecular weight is 452 g/mol. The molecule has 0 spiro atoms. The average Bonchev–Trinajstić information content (AvgIpc) is 3.03. The molecule has 0 aromatic heterocycles. The van der Waals surface area contributed by atoms with Crippen LogP contribution < -0.4 is 15.0 Å². The van der Waals surface area contributed by atoms with Gasteiger partial charge in [0, 0.05) is 5.69 Å². The van der Waals surface area contributed by atoms with Crippen molar-refractivity contribution in [2.75, 3.05) is 17.3 Å². The summed E-state index contributed by atoms with van der Waals surface area (Å²) in [6.07, 6.45) is -4.55. The minimum absolute atomic E-state index is 0.0437. The molecule has 1 aliphatic heterocycles. The molecule has 5 nitrogen and oxygen atoms in total. The number of anilines is 2. The largest absolute Gasteiger partial charge is 0.497 e. The molecular weight excluding hydrogens is 433 g/mol. The number of benzene rings is 3. The van der Waals surface area contributed by atoms with E-state index < -0.39 is 23.6 Å². The van der Waals surface area contributed by atoms with Crippen molar-refractivity contribution < 1.29 is 27.5 Å². The zero-order valence-corrected chi connectivity index (χ0v) is 17.7. The minimum Gasteiger partial charge on any atom is -0.497 e. The molecule has 2 amide bonds. The van der Waals surface area contributed by atoms with Gasteiger partial charge in [0.25, 0.3) is 11.8 Å². The van der Waals surface area contributed by atoms with Gasteiger partial charge in [-0.3, -0.25) is 9.59 Å². The standard InChI is InChI=1S/C25H19F3N2O3/c1-15-6-8-16(9-7-15)21-22(29-18-5-3-4-17(14-18)25(26,27)28)24(32)30(23(21)31)19-10-12-20(33-2)13-11-19/h3-14,29H,1-2H3. The van der Waals surface area contributed by atoms with Crippen LogP contribution in [0, 0.1) is 6.92 Å². The maximum Gasteiger partial charge on any atom is 0.416 e. The third kappa shape index (κ3) is 4.32. The fourth-order valence-corrected chi connectivity index (χ4v) is 3.52. The van der Waals surface area contributed by atoms with E-state index in [2.05, 4.69) is 5.32 Å². The number of alkyl halides is 3. The number of halogens is 3. The second-order valence-corrected chi connectivity index (χ2v) is 7.46. The van der Waals surface area contributed by atoms with E-state index >= 15 is 0 Å². The van der Waals surface area contributed by atoms with Crippen molar-refractivity contribution in [2.45, 2.75) is 13.1 Å². The predicted octanol–water partition coefficient (Wildman–Crippen LogP) is 5.42. The van der Waals surface area contributed by atoms with E-state index in [-0.39, 0.29) is 17.0 Å². The SMILES string of the molecule is COc1ccc(N2C(=O)C(Nc3cccc(C(F)(F)F)c3)=C(c3ccc(C)cc3)C2=O)cc1. The summed E-state index contributed by atoms with van der Waals surface area (Å²) >= 11 is 0. The van der Waals surface area contributed by atoms with Crippen molar-refractivity contribution in [3.8, 4) is 5.75 Å². The molecule has 0 bridgehead atoms. The van der Waals surface area contributed by atoms with Gasteiger partial charge in [0.2, 0.25) is 0 Å². The molecule has 0 aliphatic carbocycles. The molecule has 1 heterocycles. The molecule has 0 unspecified atom stereocenters. The smallest absolute Gasteiger partial charge is 0.416 e. The number of carbonyl (C=O) groups is 2. The maximum absolute atomic E-state index is 13.4. The van der Waals surface area contributed by atoms with Crippen LogP contribution >= 0.6 is 0 Å². The van der Waals surface area contributed by atoms with Crippen LogP contribution in [0.15, 0.2) is 78.5 Å². The van der Waals surface area contributed by atoms with E-state index in [0.717, 1.165) is 22.6 Å². The molecule has 4 rings (SSSR count). The number of nitrogens with zero attached hydrogens (tertiary/aromatic N) is 1. The highest BCUT2D eigenvalue weighted by Gasteiger charge is 2.40. The summed E-state index contributed by atoms with van der Waals surface area (Å²) in [5, 5.41) is 2.76. The first-order valence-electron chi connectivity index (χ1n) is 9.97. The Morgan fingerprint density at radius 1 is 0.879 bits per heavy atom. The van der Waals surface area contributed by atoms with E-state index in [1.165, 1.54) is 19.2 Å². The Morgan fingerprint density at radius 2 is 1.55 bits per heavy atom. The summed E-state index contributed by atoms with van der Waals surface area (Å²) < 4.78 is 44.6. The molecule has 1 aliphatic rings. The number of rotatable bonds is 5. The van der Waals surface area contributed by atoms with Crippen LogP contribution in [0.25, 0.3) is 5.57 Å². The molecule has 3 aromatic rings. The molecule has 0 radical (unpaired) electrons. The van der Waals surface area contributed by atoms with Gasteiger partial charge in [0.15, 0.2) is 0 Å². The van der Waals surface area contributed by atoms with Gasteiger partial charge in [-0.1, -0.05) is 35.9 Å². The monoisotopic (exact) mass is 452 g/mol. The Bertz CT molecular complexity index is 1250. The summed E-state index contributed by atoms with van der Waals surface area (Å²) in [6, 6.07) is 17.8. The molecule has 8 heteroatoms. The second-order valence-electron chi connectivity index (χ2n) is 7.46. The molecule has 3 aromatic carbocycles. The Morgan fingerprint density at radius 3 is 2.15 bits per heavy atom. The number of ether oxygens (including phenoxy) is 1. The van der Waals surface area contributed by atoms with Gasteiger partial charge in [-0.05, 0) is 55.0 Å². The number of carbonyl (C=O) groups excluding carboxylic acids is 2. The topological polar surface area (TPSA) is 58.6 Å². The highest BCUT2D eigenvalue weighted by atomic mass is 19.4. The van der Waals surface area contributed by atoms with Crippen molar-refractivity contribution in [1.82, 2.24) is 0 Å². The molecule has 0 fully saturated rings. The van der Waals surface area contributed by atoms with Crippen LogP contribution in [-0.4, -0.2) is 18.9 Å². The minimum atomic E-state index is -4.55. The van der Waals surface area contributed by atoms with Gasteiger partial charge in [-0.25, -0.2) is 4.90 Å². The number of imide groups is 1. The van der Waals surface area contributed by atoms with Crippen LogP contribution in [0.2, 0.25) is 0 Å². The molecule has 0 saturated heterocycles. The predicted molar refractivity (Wildman–Crippen MR) is 119 cm³/mol. The molecule has 168 valence electrons. The first-order chi connectivity index (χ1) is 15.7. The van der Waals surface area contributed by atoms with Crippen molar-refractivity contribution in [3.63, 3.8) is 0 Å². The van der Waals surface area contributed by atoms with Gasteiger partial charge in [-0.15, -0.1) is 0 Å². The highest BCUT2D eigenvalue weighted by Crippen LogP contribution is 2.36. The van der Waals surface area contributed by atoms with Gasteiger partial charge in [0.05, 0.1) is 23.9 Å². The van der Waals surface area contributed by atoms with E-state index in [0.29, 0.717) is 17.0 Å². The zero-order chi connectivity index (χ0) is 23.8. The highest BCUT2D eigenvalue weighted by molar-refractivity contribution is 6.46. The van der Waals surface area contributed by atoms with Crippen molar-refractivity contribution in [1.29, 1.82) is 0 Å². The summed E-state index contributed by atoms with van der Waals surface area (Å²) in [7, 11) is 1.50. The first kappa shape index (κ1) is 22.1.